The first kappa shape index (κ1) is 30.1. The first-order chi connectivity index (χ1) is 21.4. The highest BCUT2D eigenvalue weighted by Gasteiger charge is 2.24. The summed E-state index contributed by atoms with van der Waals surface area (Å²) in [6.45, 7) is 3.35. The number of aliphatic carboxylic acids is 2. The zero-order valence-electron chi connectivity index (χ0n) is 24.1. The van der Waals surface area contributed by atoms with E-state index in [1.165, 1.54) is 10.8 Å². The molecule has 1 aliphatic heterocycles. The van der Waals surface area contributed by atoms with Crippen LogP contribution in [-0.2, 0) is 29.3 Å². The topological polar surface area (TPSA) is 134 Å². The average Bonchev–Trinajstić information content (AvgIpc) is 3.40. The largest absolute Gasteiger partial charge is 0.486 e. The summed E-state index contributed by atoms with van der Waals surface area (Å²) in [5.41, 5.74) is 3.27. The molecule has 1 fully saturated rings. The maximum Gasteiger partial charge on any atom is 0.414 e. The molecule has 2 heterocycles. The summed E-state index contributed by atoms with van der Waals surface area (Å²) < 4.78 is 8.35. The lowest BCUT2D eigenvalue weighted by Crippen LogP contribution is -2.44. The van der Waals surface area contributed by atoms with Crippen molar-refractivity contribution in [1.82, 2.24) is 19.8 Å². The van der Waals surface area contributed by atoms with E-state index in [1.807, 2.05) is 59.5 Å². The number of aromatic nitrogens is 2. The van der Waals surface area contributed by atoms with E-state index in [1.54, 1.807) is 0 Å². The number of hydrogen-bond donors (Lipinski definition) is 3. The number of carbonyl (C=O) groups excluding carboxylic acids is 1. The van der Waals surface area contributed by atoms with Crippen LogP contribution in [-0.4, -0.2) is 55.7 Å². The fraction of sp³-hybridized carbons (Fsp3) is 0.235. The first-order valence-corrected chi connectivity index (χ1v) is 14.5. The smallest absolute Gasteiger partial charge is 0.414 e. The van der Waals surface area contributed by atoms with Crippen molar-refractivity contribution in [3.63, 3.8) is 0 Å². The van der Waals surface area contributed by atoms with Gasteiger partial charge in [0.2, 0.25) is 0 Å². The molecule has 0 saturated carbocycles. The third-order valence-electron chi connectivity index (χ3n) is 7.68. The van der Waals surface area contributed by atoms with E-state index in [9.17, 15) is 4.79 Å². The lowest BCUT2D eigenvalue weighted by atomic mass is 9.96. The van der Waals surface area contributed by atoms with Gasteiger partial charge in [-0.15, -0.1) is 0 Å². The van der Waals surface area contributed by atoms with Gasteiger partial charge in [0.15, 0.2) is 0 Å². The van der Waals surface area contributed by atoms with Crippen LogP contribution in [0.15, 0.2) is 97.1 Å². The molecule has 1 aliphatic rings. The molecule has 10 nitrogen and oxygen atoms in total. The van der Waals surface area contributed by atoms with Crippen molar-refractivity contribution < 1.29 is 29.3 Å². The number of rotatable bonds is 7. The van der Waals surface area contributed by atoms with Crippen molar-refractivity contribution in [2.75, 3.05) is 13.1 Å². The molecule has 5 aromatic rings. The number of carbonyl (C=O) groups is 3. The summed E-state index contributed by atoms with van der Waals surface area (Å²) in [5.74, 6) is -1.39. The van der Waals surface area contributed by atoms with Gasteiger partial charge in [-0.1, -0.05) is 72.8 Å². The van der Waals surface area contributed by atoms with Crippen LogP contribution in [0.5, 0.6) is 5.75 Å². The molecule has 2 amide bonds. The molecule has 1 saturated heterocycles. The SMILES string of the molecule is O=C(NCc1cccc2ccccc12)N1CCC(Cn2c(COc3ccccc3)nc3ccccc32)CC1.O=C(O)C(=O)O. The number of para-hydroxylation sites is 3. The molecule has 0 aliphatic carbocycles. The molecule has 10 heteroatoms. The first-order valence-electron chi connectivity index (χ1n) is 14.5. The number of ether oxygens (including phenoxy) is 1. The Morgan fingerprint density at radius 2 is 1.48 bits per heavy atom. The number of carboxylic acid groups (broad SMARTS) is 2. The Morgan fingerprint density at radius 1 is 0.818 bits per heavy atom. The number of benzene rings is 4. The maximum absolute atomic E-state index is 13.0. The van der Waals surface area contributed by atoms with Crippen molar-refractivity contribution in [2.45, 2.75) is 32.5 Å². The van der Waals surface area contributed by atoms with Crippen LogP contribution < -0.4 is 10.1 Å². The molecule has 0 radical (unpaired) electrons. The lowest BCUT2D eigenvalue weighted by Gasteiger charge is -2.32. The third-order valence-corrected chi connectivity index (χ3v) is 7.68. The summed E-state index contributed by atoms with van der Waals surface area (Å²) in [7, 11) is 0. The normalized spacial score (nSPS) is 13.2. The quantitative estimate of drug-likeness (QED) is 0.211. The van der Waals surface area contributed by atoms with E-state index in [0.29, 0.717) is 19.1 Å². The fourth-order valence-electron chi connectivity index (χ4n) is 5.41. The molecule has 0 spiro atoms. The average molecular weight is 595 g/mol. The van der Waals surface area contributed by atoms with Crippen LogP contribution in [0.1, 0.15) is 24.2 Å². The van der Waals surface area contributed by atoms with Crippen molar-refractivity contribution in [3.8, 4) is 5.75 Å². The number of imidazole rings is 1. The Kier molecular flexibility index (Phi) is 9.71. The van der Waals surface area contributed by atoms with E-state index in [2.05, 4.69) is 52.3 Å². The Bertz CT molecular complexity index is 1730. The summed E-state index contributed by atoms with van der Waals surface area (Å²) in [6.07, 6.45) is 1.93. The molecular weight excluding hydrogens is 560 g/mol. The van der Waals surface area contributed by atoms with E-state index in [4.69, 9.17) is 29.5 Å². The van der Waals surface area contributed by atoms with Crippen LogP contribution in [0.2, 0.25) is 0 Å². The van der Waals surface area contributed by atoms with Crippen LogP contribution in [0.25, 0.3) is 21.8 Å². The summed E-state index contributed by atoms with van der Waals surface area (Å²) in [4.78, 5) is 38.0. The van der Waals surface area contributed by atoms with Crippen molar-refractivity contribution in [2.24, 2.45) is 5.92 Å². The van der Waals surface area contributed by atoms with E-state index in [-0.39, 0.29) is 6.03 Å². The second-order valence-electron chi connectivity index (χ2n) is 10.6. The highest BCUT2D eigenvalue weighted by Crippen LogP contribution is 2.25. The fourth-order valence-corrected chi connectivity index (χ4v) is 5.41. The number of nitrogens with one attached hydrogen (secondary N) is 1. The lowest BCUT2D eigenvalue weighted by molar-refractivity contribution is -0.159. The van der Waals surface area contributed by atoms with Gasteiger partial charge < -0.3 is 29.7 Å². The third kappa shape index (κ3) is 7.52. The Morgan fingerprint density at radius 3 is 2.23 bits per heavy atom. The minimum absolute atomic E-state index is 0.0152. The molecule has 44 heavy (non-hydrogen) atoms. The summed E-state index contributed by atoms with van der Waals surface area (Å²) in [6, 6.07) is 32.7. The van der Waals surface area contributed by atoms with E-state index >= 15 is 0 Å². The predicted octanol–water partition coefficient (Wildman–Crippen LogP) is 5.55. The van der Waals surface area contributed by atoms with Gasteiger partial charge in [-0.2, -0.15) is 0 Å². The molecule has 0 unspecified atom stereocenters. The van der Waals surface area contributed by atoms with Crippen molar-refractivity contribution in [1.29, 1.82) is 0 Å². The second kappa shape index (κ2) is 14.2. The van der Waals surface area contributed by atoms with Gasteiger partial charge in [0, 0.05) is 26.2 Å². The van der Waals surface area contributed by atoms with Crippen LogP contribution in [0, 0.1) is 5.92 Å². The standard InChI is InChI=1S/C32H32N4O2.C2H2O4/c37-32(33-21-26-11-8-10-25-9-4-5-14-28(25)26)35-19-17-24(18-20-35)22-36-30-16-7-6-15-29(30)34-31(36)23-38-27-12-2-1-3-13-27;3-1(4)2(5)6/h1-16,24H,17-23H2,(H,33,37);(H,3,4)(H,5,6). The number of carboxylic acids is 2. The van der Waals surface area contributed by atoms with Gasteiger partial charge in [0.1, 0.15) is 18.2 Å². The number of likely N-dealkylation sites (tertiary alicyclic amines) is 1. The zero-order chi connectivity index (χ0) is 30.9. The highest BCUT2D eigenvalue weighted by molar-refractivity contribution is 6.27. The number of hydrogen-bond acceptors (Lipinski definition) is 5. The van der Waals surface area contributed by atoms with Gasteiger partial charge >= 0.3 is 18.0 Å². The van der Waals surface area contributed by atoms with Gasteiger partial charge in [-0.3, -0.25) is 0 Å². The molecule has 0 bridgehead atoms. The van der Waals surface area contributed by atoms with Crippen molar-refractivity contribution in [3.05, 3.63) is 108 Å². The molecule has 6 rings (SSSR count). The molecule has 226 valence electrons. The zero-order valence-corrected chi connectivity index (χ0v) is 24.1. The van der Waals surface area contributed by atoms with Gasteiger partial charge in [0.25, 0.3) is 0 Å². The molecule has 0 atom stereocenters. The monoisotopic (exact) mass is 594 g/mol. The van der Waals surface area contributed by atoms with Crippen LogP contribution >= 0.6 is 0 Å². The molecule has 4 aromatic carbocycles. The molecule has 1 aromatic heterocycles. The number of piperidine rings is 1. The summed E-state index contributed by atoms with van der Waals surface area (Å²) in [5, 5.41) is 20.3. The minimum Gasteiger partial charge on any atom is -0.486 e. The number of urea groups is 1. The molecule has 3 N–H and O–H groups in total. The van der Waals surface area contributed by atoms with Crippen LogP contribution in [0.4, 0.5) is 4.79 Å². The minimum atomic E-state index is -1.82. The van der Waals surface area contributed by atoms with Gasteiger partial charge in [-0.25, -0.2) is 19.4 Å². The maximum atomic E-state index is 13.0. The predicted molar refractivity (Wildman–Crippen MR) is 166 cm³/mol. The van der Waals surface area contributed by atoms with E-state index in [0.717, 1.165) is 60.6 Å². The van der Waals surface area contributed by atoms with Gasteiger partial charge in [0.05, 0.1) is 11.0 Å². The number of amides is 2. The van der Waals surface area contributed by atoms with Crippen molar-refractivity contribution >= 4 is 39.8 Å². The van der Waals surface area contributed by atoms with Gasteiger partial charge in [-0.05, 0) is 59.4 Å². The van der Waals surface area contributed by atoms with Crippen LogP contribution in [0.3, 0.4) is 0 Å². The van der Waals surface area contributed by atoms with E-state index < -0.39 is 11.9 Å². The highest BCUT2D eigenvalue weighted by atomic mass is 16.5. The number of fused-ring (bicyclic) bond motifs is 2. The Labute approximate surface area is 254 Å². The molecular formula is C34H34N4O6. The summed E-state index contributed by atoms with van der Waals surface area (Å²) >= 11 is 0. The Hall–Kier alpha value is -5.38. The second-order valence-corrected chi connectivity index (χ2v) is 10.6. The number of nitrogens with zero attached hydrogens (tertiary/aromatic N) is 3. The Balaban J connectivity index is 0.000000584.